The van der Waals surface area contributed by atoms with Crippen LogP contribution < -0.4 is 67.3 Å². The SMILES string of the molecule is [Cl-].[Cl-].[Cl][Os].[Cl][Os].[c-]1c(CP(c2ccccc2)c2ccccc2)cccc1CP(c1ccccc1)c1ccccc1.[c-]1c(CP(c2ccccc2)c2ccccc2)cccc1CP(c1ccccc1)c1ccccc1.c1ccc(C2CC(C(c3ccccc3)C(c3ccccc3)C3CC(c4ccccc4)C(c4ccccc4)C3)CC2c2ccccc2)cc1. The Kier molecular flexibility index (Phi) is 38.0. The van der Waals surface area contributed by atoms with Gasteiger partial charge in [-0.1, -0.05) is 425 Å². The molecular weight excluding hydrogens is 1990 g/mol. The van der Waals surface area contributed by atoms with Crippen molar-refractivity contribution in [2.75, 3.05) is 0 Å². The fourth-order valence-corrected chi connectivity index (χ4v) is 27.3. The summed E-state index contributed by atoms with van der Waals surface area (Å²) in [5.41, 5.74) is 14.2. The van der Waals surface area contributed by atoms with Crippen molar-refractivity contribution in [3.05, 3.63) is 529 Å². The minimum atomic E-state index is -0.473. The van der Waals surface area contributed by atoms with E-state index in [0.29, 0.717) is 47.3 Å². The van der Waals surface area contributed by atoms with Gasteiger partial charge in [0.1, 0.15) is 0 Å². The van der Waals surface area contributed by atoms with Crippen LogP contribution in [0.4, 0.5) is 0 Å². The Morgan fingerprint density at radius 1 is 0.205 bits per heavy atom. The van der Waals surface area contributed by atoms with Crippen LogP contribution in [0.2, 0.25) is 0 Å². The summed E-state index contributed by atoms with van der Waals surface area (Å²) in [7, 11) is 7.44. The Morgan fingerprint density at radius 3 is 0.516 bits per heavy atom. The average molecular weight is 2090 g/mol. The number of benzene rings is 16. The minimum Gasteiger partial charge on any atom is -0.176 e. The van der Waals surface area contributed by atoms with Crippen LogP contribution in [0, 0.1) is 24.0 Å². The molecule has 2 saturated carbocycles. The summed E-state index contributed by atoms with van der Waals surface area (Å²) < 4.78 is 0. The summed E-state index contributed by atoms with van der Waals surface area (Å²) in [6.45, 7) is 0. The molecule has 122 heavy (non-hydrogen) atoms. The van der Waals surface area contributed by atoms with Crippen molar-refractivity contribution in [1.29, 1.82) is 0 Å². The maximum Gasteiger partial charge on any atom is -0.00616 e. The Balaban J connectivity index is 0.000000166. The molecule has 0 spiro atoms. The molecule has 0 radical (unpaired) electrons. The van der Waals surface area contributed by atoms with E-state index in [9.17, 15) is 0 Å². The van der Waals surface area contributed by atoms with Crippen molar-refractivity contribution in [3.8, 4) is 0 Å². The Hall–Kier alpha value is -8.33. The molecule has 0 N–H and O–H groups in total. The van der Waals surface area contributed by atoms with Gasteiger partial charge in [0, 0.05) is 0 Å². The van der Waals surface area contributed by atoms with Gasteiger partial charge >= 0.3 is 54.5 Å². The van der Waals surface area contributed by atoms with E-state index in [2.05, 4.69) is 492 Å². The van der Waals surface area contributed by atoms with Gasteiger partial charge in [0.2, 0.25) is 0 Å². The number of rotatable bonds is 25. The molecule has 16 aromatic rings. The first-order chi connectivity index (χ1) is 59.6. The quantitative estimate of drug-likeness (QED) is 0.0395. The molecule has 6 atom stereocenters. The van der Waals surface area contributed by atoms with E-state index in [0.717, 1.165) is 24.6 Å². The van der Waals surface area contributed by atoms with Crippen molar-refractivity contribution in [1.82, 2.24) is 0 Å². The molecule has 0 bridgehead atoms. The predicted octanol–water partition coefficient (Wildman–Crippen LogP) is 21.4. The predicted molar refractivity (Wildman–Crippen MR) is 514 cm³/mol. The molecule has 0 saturated heterocycles. The third-order valence-corrected chi connectivity index (χ3v) is 33.6. The van der Waals surface area contributed by atoms with Gasteiger partial charge in [-0.3, -0.25) is 0 Å². The van der Waals surface area contributed by atoms with Gasteiger partial charge in [-0.05, 0) is 205 Å². The van der Waals surface area contributed by atoms with Gasteiger partial charge < -0.3 is 24.8 Å². The smallest absolute Gasteiger partial charge is 0.00616 e. The maximum absolute atomic E-state index is 4.67. The Labute approximate surface area is 772 Å². The van der Waals surface area contributed by atoms with Crippen LogP contribution in [0.1, 0.15) is 117 Å². The van der Waals surface area contributed by atoms with Gasteiger partial charge in [0.25, 0.3) is 0 Å². The minimum absolute atomic E-state index is 0. The molecule has 616 valence electrons. The van der Waals surface area contributed by atoms with Crippen LogP contribution in [-0.2, 0) is 59.8 Å². The Morgan fingerprint density at radius 2 is 0.352 bits per heavy atom. The van der Waals surface area contributed by atoms with Crippen LogP contribution in [0.25, 0.3) is 0 Å². The summed E-state index contributed by atoms with van der Waals surface area (Å²) in [5, 5.41) is 11.3. The first kappa shape index (κ1) is 92.8. The monoisotopic (exact) mass is 2090 g/mol. The molecule has 2 aliphatic rings. The molecule has 6 unspecified atom stereocenters. The van der Waals surface area contributed by atoms with E-state index in [1.807, 2.05) is 0 Å². The molecular formula is C112H100Cl4Os2P4-4. The largest absolute Gasteiger partial charge is 0.176 e. The molecule has 0 aromatic heterocycles. The van der Waals surface area contributed by atoms with Crippen molar-refractivity contribution >= 4 is 93.4 Å². The van der Waals surface area contributed by atoms with E-state index in [-0.39, 0.29) is 24.8 Å². The van der Waals surface area contributed by atoms with Crippen LogP contribution >= 0.6 is 51.0 Å². The van der Waals surface area contributed by atoms with Crippen LogP contribution in [0.3, 0.4) is 0 Å². The summed E-state index contributed by atoms with van der Waals surface area (Å²) in [4.78, 5) is 0. The fourth-order valence-electron chi connectivity index (χ4n) is 18.3. The third kappa shape index (κ3) is 25.5. The Bertz CT molecular complexity index is 4740. The van der Waals surface area contributed by atoms with Crippen molar-refractivity contribution in [3.63, 3.8) is 0 Å². The maximum atomic E-state index is 4.67. The standard InChI is InChI=1S/C48H46.2C32H27P2.4ClH.2Os/c1-7-19-35(20-8-1)43-31-41(32-44(43)36-21-9-2-10-22-36)47(39-27-15-5-16-28-39)48(40-29-17-6-18-30-40)42-33-45(37-23-11-3-12-24-37)46(34-42)38-25-13-4-14-26-38;2*1-5-16-29(17-6-1)33(30-18-7-2-8-19-30)25-27-14-13-15-28(24-27)26-34(31-20-9-3-10-21-31)32-22-11-4-12-23-32;;;;;;/h1-30,41-48H,31-34H2;2*1-23H,25-26H2;4*1H;;/q;2*-1;;;;;2*+1/p-4. The number of hydrogen-bond donors (Lipinski definition) is 0. The van der Waals surface area contributed by atoms with E-state index < -0.39 is 31.7 Å². The third-order valence-electron chi connectivity index (χ3n) is 23.6. The second-order valence-corrected chi connectivity index (χ2v) is 39.7. The zero-order valence-corrected chi connectivity index (χ0v) is 79.8. The van der Waals surface area contributed by atoms with E-state index in [1.54, 1.807) is 0 Å². The second kappa shape index (κ2) is 50.0. The summed E-state index contributed by atoms with van der Waals surface area (Å²) in [6, 6.07) is 177. The van der Waals surface area contributed by atoms with Gasteiger partial charge in [-0.15, -0.1) is 0 Å². The zero-order valence-electron chi connectivity index (χ0n) is 68.2. The molecule has 0 heterocycles. The summed E-state index contributed by atoms with van der Waals surface area (Å²) >= 11 is 2.67. The number of halogens is 4. The summed E-state index contributed by atoms with van der Waals surface area (Å²) in [6.07, 6.45) is 8.87. The van der Waals surface area contributed by atoms with Gasteiger partial charge in [-0.2, -0.15) is 70.8 Å². The van der Waals surface area contributed by atoms with Crippen LogP contribution in [-0.4, -0.2) is 0 Å². The van der Waals surface area contributed by atoms with Gasteiger partial charge in [0.15, 0.2) is 0 Å². The molecule has 18 rings (SSSR count). The zero-order chi connectivity index (χ0) is 82.1. The van der Waals surface area contributed by atoms with E-state index in [4.69, 9.17) is 0 Å². The van der Waals surface area contributed by atoms with Crippen molar-refractivity contribution < 1.29 is 60.0 Å². The molecule has 16 aromatic carbocycles. The van der Waals surface area contributed by atoms with Crippen molar-refractivity contribution in [2.45, 2.75) is 85.8 Å². The molecule has 2 aliphatic carbocycles. The molecule has 0 amide bonds. The second-order valence-electron chi connectivity index (χ2n) is 30.8. The molecule has 0 aliphatic heterocycles. The van der Waals surface area contributed by atoms with Crippen LogP contribution in [0.5, 0.6) is 0 Å². The fraction of sp³-hybridized carbons (Fsp3) is 0.143. The number of hydrogen-bond acceptors (Lipinski definition) is 0. The van der Waals surface area contributed by atoms with Gasteiger partial charge in [-0.25, -0.2) is 0 Å². The average Bonchev–Trinajstić information content (AvgIpc) is 1.60. The van der Waals surface area contributed by atoms with Crippen LogP contribution in [0.15, 0.2) is 461 Å². The first-order valence-corrected chi connectivity index (χ1v) is 54.0. The van der Waals surface area contributed by atoms with E-state index in [1.165, 1.54) is 159 Å². The molecule has 10 heteroatoms. The topological polar surface area (TPSA) is 0 Å². The molecule has 0 nitrogen and oxygen atoms in total. The summed E-state index contributed by atoms with van der Waals surface area (Å²) in [5.74, 6) is 4.06. The molecule has 2 fully saturated rings. The van der Waals surface area contributed by atoms with Gasteiger partial charge in [0.05, 0.1) is 0 Å². The first-order valence-electron chi connectivity index (χ1n) is 41.6. The van der Waals surface area contributed by atoms with Crippen molar-refractivity contribution in [2.24, 2.45) is 11.8 Å². The normalized spacial score (nSPS) is 16.1. The van der Waals surface area contributed by atoms with E-state index >= 15 is 0 Å².